The molecule has 0 aliphatic heterocycles. The van der Waals surface area contributed by atoms with Crippen molar-refractivity contribution in [1.29, 1.82) is 0 Å². The maximum atomic E-state index is 13.9. The number of aliphatic carboxylic acids is 1. The number of carbonyl (C=O) groups is 2. The normalized spacial score (nSPS) is 17.5. The number of carboxylic acid groups (broad SMARTS) is 1. The summed E-state index contributed by atoms with van der Waals surface area (Å²) in [6, 6.07) is 0. The average Bonchev–Trinajstić information content (AvgIpc) is 2.70. The molecule has 1 N–H and O–H groups in total. The highest BCUT2D eigenvalue weighted by molar-refractivity contribution is 6.12. The van der Waals surface area contributed by atoms with Gasteiger partial charge in [0.2, 0.25) is 0 Å². The molecule has 0 aliphatic carbocycles. The minimum atomic E-state index is -9.43. The van der Waals surface area contributed by atoms with Crippen LogP contribution >= 0.6 is 0 Å². The molecule has 0 heterocycles. The Morgan fingerprint density at radius 1 is 0.415 bits per heavy atom. The highest BCUT2D eigenvalue weighted by Gasteiger charge is 2.97. The summed E-state index contributed by atoms with van der Waals surface area (Å²) in [5.74, 6) is -83.8. The van der Waals surface area contributed by atoms with Crippen LogP contribution in [0, 0.1) is 0 Å². The SMILES string of the molecule is O=C(O)C(C(=O)C(F)(F)C(F)(F)C(F)(F)C(F)(F)C(F)(F)C(F)(F)C(F)(F)F)(N(F)F)C(F)(F)C(F)(F)C(F)(F)F. The van der Waals surface area contributed by atoms with Gasteiger partial charge in [-0.05, 0) is 0 Å². The summed E-state index contributed by atoms with van der Waals surface area (Å²) in [4.78, 5) is 22.2. The first-order valence-electron chi connectivity index (χ1n) is 8.35. The molecule has 244 valence electrons. The zero-order chi connectivity index (χ0) is 34.2. The summed E-state index contributed by atoms with van der Waals surface area (Å²) in [6.45, 7) is 0. The Hall–Kier alpha value is -2.58. The van der Waals surface area contributed by atoms with E-state index in [2.05, 4.69) is 0 Å². The van der Waals surface area contributed by atoms with Gasteiger partial charge >= 0.3 is 71.2 Å². The van der Waals surface area contributed by atoms with Gasteiger partial charge in [0, 0.05) is 0 Å². The number of ketones is 1. The molecule has 1 atom stereocenters. The third-order valence-electron chi connectivity index (χ3n) is 4.71. The predicted molar refractivity (Wildman–Crippen MR) is 71.1 cm³/mol. The van der Waals surface area contributed by atoms with Gasteiger partial charge < -0.3 is 5.11 Å². The number of carbonyl (C=O) groups excluding carboxylic acids is 1. The van der Waals surface area contributed by atoms with Gasteiger partial charge in [-0.15, -0.1) is 0 Å². The molecule has 1 unspecified atom stereocenters. The molecule has 0 bridgehead atoms. The summed E-state index contributed by atoms with van der Waals surface area (Å²) in [5, 5.41) is 3.56. The summed E-state index contributed by atoms with van der Waals surface area (Å²) in [6.07, 6.45) is -16.3. The smallest absolute Gasteiger partial charge is 0.460 e. The fourth-order valence-corrected chi connectivity index (χ4v) is 2.37. The van der Waals surface area contributed by atoms with Gasteiger partial charge in [0.25, 0.3) is 5.78 Å². The molecule has 0 aromatic rings. The van der Waals surface area contributed by atoms with Gasteiger partial charge in [-0.3, -0.25) is 4.79 Å². The van der Waals surface area contributed by atoms with Crippen molar-refractivity contribution in [2.24, 2.45) is 0 Å². The Labute approximate surface area is 204 Å². The molecule has 0 aromatic carbocycles. The topological polar surface area (TPSA) is 57.6 Å². The van der Waals surface area contributed by atoms with Crippen LogP contribution in [0.25, 0.3) is 0 Å². The standard InChI is InChI=1S/C13HF24NO3/c14-4(15,1(39)3(2(40)41,38(36)37)5(16,17)10(26,27)12(30,31)32)6(18,19)7(20,21)8(22,23)9(24,25)11(28,29)13(33,34)35/h(H,40,41). The number of hydrogen-bond acceptors (Lipinski definition) is 3. The number of halogens is 24. The largest absolute Gasteiger partial charge is 0.479 e. The number of carboxylic acids is 1. The van der Waals surface area contributed by atoms with E-state index in [1.807, 2.05) is 0 Å². The zero-order valence-electron chi connectivity index (χ0n) is 17.3. The number of Topliss-reactive ketones (excluding diaryl/α,β-unsaturated/α-hetero) is 1. The van der Waals surface area contributed by atoms with Crippen LogP contribution in [0.15, 0.2) is 0 Å². The molecular weight excluding hydrogens is 674 g/mol. The second kappa shape index (κ2) is 9.46. The molecule has 41 heavy (non-hydrogen) atoms. The van der Waals surface area contributed by atoms with E-state index in [1.165, 1.54) is 0 Å². The van der Waals surface area contributed by atoms with E-state index in [0.717, 1.165) is 0 Å². The quantitative estimate of drug-likeness (QED) is 0.151. The Morgan fingerprint density at radius 2 is 0.659 bits per heavy atom. The van der Waals surface area contributed by atoms with Crippen molar-refractivity contribution in [1.82, 2.24) is 5.34 Å². The highest BCUT2D eigenvalue weighted by Crippen LogP contribution is 2.64. The lowest BCUT2D eigenvalue weighted by Crippen LogP contribution is -2.80. The van der Waals surface area contributed by atoms with E-state index >= 15 is 0 Å². The van der Waals surface area contributed by atoms with Crippen molar-refractivity contribution < 1.29 is 120 Å². The van der Waals surface area contributed by atoms with Crippen molar-refractivity contribution in [2.75, 3.05) is 0 Å². The van der Waals surface area contributed by atoms with Crippen LogP contribution < -0.4 is 0 Å². The van der Waals surface area contributed by atoms with Gasteiger partial charge in [0.05, 0.1) is 5.34 Å². The van der Waals surface area contributed by atoms with E-state index in [4.69, 9.17) is 5.11 Å². The van der Waals surface area contributed by atoms with Gasteiger partial charge in [-0.25, -0.2) is 4.79 Å². The summed E-state index contributed by atoms with van der Waals surface area (Å²) >= 11 is 0. The first-order valence-corrected chi connectivity index (χ1v) is 8.35. The lowest BCUT2D eigenvalue weighted by Gasteiger charge is -2.44. The Kier molecular flexibility index (Phi) is 8.87. The van der Waals surface area contributed by atoms with Crippen molar-refractivity contribution >= 4 is 11.8 Å². The monoisotopic (exact) mass is 675 g/mol. The van der Waals surface area contributed by atoms with Crippen molar-refractivity contribution in [3.63, 3.8) is 0 Å². The Balaban J connectivity index is 7.74. The lowest BCUT2D eigenvalue weighted by atomic mass is 9.77. The van der Waals surface area contributed by atoms with Gasteiger partial charge in [0.15, 0.2) is 0 Å². The molecule has 28 heteroatoms. The Bertz CT molecular complexity index is 1020. The number of alkyl halides is 22. The summed E-state index contributed by atoms with van der Waals surface area (Å²) in [7, 11) is 0. The van der Waals surface area contributed by atoms with Gasteiger partial charge in [-0.2, -0.15) is 96.6 Å². The van der Waals surface area contributed by atoms with Crippen LogP contribution in [0.3, 0.4) is 0 Å². The van der Waals surface area contributed by atoms with Crippen LogP contribution in [0.5, 0.6) is 0 Å². The van der Waals surface area contributed by atoms with E-state index < -0.39 is 82.4 Å². The van der Waals surface area contributed by atoms with Crippen molar-refractivity contribution in [2.45, 2.75) is 65.3 Å². The molecule has 0 saturated heterocycles. The maximum absolute atomic E-state index is 13.9. The van der Waals surface area contributed by atoms with Crippen LogP contribution in [-0.2, 0) is 9.59 Å². The molecule has 0 radical (unpaired) electrons. The van der Waals surface area contributed by atoms with Crippen molar-refractivity contribution in [3.8, 4) is 0 Å². The molecule has 0 aliphatic rings. The zero-order valence-corrected chi connectivity index (χ0v) is 17.3. The first-order chi connectivity index (χ1) is 17.3. The molecular formula is C13HF24NO3. The second-order valence-electron chi connectivity index (χ2n) is 7.17. The second-order valence-corrected chi connectivity index (χ2v) is 7.17. The third-order valence-corrected chi connectivity index (χ3v) is 4.71. The van der Waals surface area contributed by atoms with E-state index in [9.17, 15) is 115 Å². The summed E-state index contributed by atoms with van der Waals surface area (Å²) < 4.78 is 314. The average molecular weight is 675 g/mol. The van der Waals surface area contributed by atoms with E-state index in [0.29, 0.717) is 0 Å². The van der Waals surface area contributed by atoms with E-state index in [1.54, 1.807) is 0 Å². The predicted octanol–water partition coefficient (Wildman–Crippen LogP) is 6.66. The van der Waals surface area contributed by atoms with Crippen LogP contribution in [-0.4, -0.2) is 87.5 Å². The molecule has 4 nitrogen and oxygen atoms in total. The van der Waals surface area contributed by atoms with Crippen LogP contribution in [0.2, 0.25) is 0 Å². The van der Waals surface area contributed by atoms with Crippen LogP contribution in [0.1, 0.15) is 0 Å². The minimum absolute atomic E-state index is 4.70. The molecule has 0 saturated carbocycles. The van der Waals surface area contributed by atoms with Crippen LogP contribution in [0.4, 0.5) is 106 Å². The van der Waals surface area contributed by atoms with Gasteiger partial charge in [-0.1, -0.05) is 8.96 Å². The summed E-state index contributed by atoms with van der Waals surface area (Å²) in [5.41, 5.74) is -8.22. The minimum Gasteiger partial charge on any atom is -0.479 e. The fraction of sp³-hybridized carbons (Fsp3) is 0.846. The lowest BCUT2D eigenvalue weighted by molar-refractivity contribution is -0.450. The molecule has 0 spiro atoms. The highest BCUT2D eigenvalue weighted by atomic mass is 19.4. The maximum Gasteiger partial charge on any atom is 0.460 e. The number of hydrogen-bond donors (Lipinski definition) is 1. The molecule has 0 rings (SSSR count). The molecule has 0 fully saturated rings. The Morgan fingerprint density at radius 3 is 0.902 bits per heavy atom. The fourth-order valence-electron chi connectivity index (χ4n) is 2.37. The molecule has 0 amide bonds. The number of rotatable bonds is 11. The first kappa shape index (κ1) is 38.4. The van der Waals surface area contributed by atoms with Gasteiger partial charge in [0.1, 0.15) is 0 Å². The van der Waals surface area contributed by atoms with E-state index in [-0.39, 0.29) is 0 Å². The molecule has 0 aromatic heterocycles. The number of nitrogens with zero attached hydrogens (tertiary/aromatic N) is 1. The van der Waals surface area contributed by atoms with Crippen molar-refractivity contribution in [3.05, 3.63) is 0 Å². The third kappa shape index (κ3) is 4.48.